The molecule has 6 nitrogen and oxygen atoms in total. The van der Waals surface area contributed by atoms with E-state index in [0.717, 1.165) is 57.1 Å². The first-order valence-corrected chi connectivity index (χ1v) is 10.0. The molecule has 0 aliphatic carbocycles. The summed E-state index contributed by atoms with van der Waals surface area (Å²) >= 11 is 0. The van der Waals surface area contributed by atoms with E-state index in [1.54, 1.807) is 7.11 Å². The lowest BCUT2D eigenvalue weighted by Gasteiger charge is -2.33. The zero-order valence-electron chi connectivity index (χ0n) is 16.9. The van der Waals surface area contributed by atoms with Crippen molar-refractivity contribution in [1.29, 1.82) is 0 Å². The van der Waals surface area contributed by atoms with Gasteiger partial charge >= 0.3 is 0 Å². The van der Waals surface area contributed by atoms with Gasteiger partial charge in [-0.2, -0.15) is 0 Å². The van der Waals surface area contributed by atoms with Gasteiger partial charge in [0.2, 0.25) is 5.91 Å². The normalized spacial score (nSPS) is 21.6. The molecular weight excluding hydrogens is 342 g/mol. The molecule has 1 aromatic carbocycles. The van der Waals surface area contributed by atoms with Crippen LogP contribution in [0.2, 0.25) is 0 Å². The van der Waals surface area contributed by atoms with Crippen LogP contribution in [0.25, 0.3) is 0 Å². The summed E-state index contributed by atoms with van der Waals surface area (Å²) in [6.07, 6.45) is 3.78. The third-order valence-corrected chi connectivity index (χ3v) is 5.83. The number of likely N-dealkylation sites (N-methyl/N-ethyl adjacent to an activating group) is 2. The molecule has 2 saturated heterocycles. The Balaban J connectivity index is 1.37. The topological polar surface area (TPSA) is 45.3 Å². The van der Waals surface area contributed by atoms with Crippen LogP contribution in [0.4, 0.5) is 0 Å². The van der Waals surface area contributed by atoms with E-state index in [0.29, 0.717) is 12.5 Å². The lowest BCUT2D eigenvalue weighted by atomic mass is 10.1. The van der Waals surface area contributed by atoms with Crippen LogP contribution in [0.1, 0.15) is 25.7 Å². The van der Waals surface area contributed by atoms with E-state index in [2.05, 4.69) is 23.9 Å². The first-order chi connectivity index (χ1) is 13.0. The van der Waals surface area contributed by atoms with Crippen molar-refractivity contribution in [2.24, 2.45) is 0 Å². The number of benzene rings is 1. The third kappa shape index (κ3) is 5.59. The number of nitrogens with zero attached hydrogens (tertiary/aromatic N) is 3. The number of hydrogen-bond acceptors (Lipinski definition) is 5. The molecule has 0 radical (unpaired) electrons. The van der Waals surface area contributed by atoms with Crippen LogP contribution in [0.5, 0.6) is 11.5 Å². The Hall–Kier alpha value is -1.79. The summed E-state index contributed by atoms with van der Waals surface area (Å²) in [6, 6.07) is 8.28. The number of amides is 1. The summed E-state index contributed by atoms with van der Waals surface area (Å²) in [5.41, 5.74) is 0. The second kappa shape index (κ2) is 9.42. The minimum absolute atomic E-state index is 0.180. The van der Waals surface area contributed by atoms with Gasteiger partial charge in [0.05, 0.1) is 7.11 Å². The van der Waals surface area contributed by atoms with Gasteiger partial charge in [0.1, 0.15) is 17.6 Å². The summed E-state index contributed by atoms with van der Waals surface area (Å²) in [5.74, 6) is 1.97. The van der Waals surface area contributed by atoms with Crippen LogP contribution < -0.4 is 9.47 Å². The monoisotopic (exact) mass is 375 g/mol. The molecule has 0 spiro atoms. The lowest BCUT2D eigenvalue weighted by Crippen LogP contribution is -2.43. The van der Waals surface area contributed by atoms with Gasteiger partial charge in [0, 0.05) is 51.5 Å². The maximum Gasteiger partial charge on any atom is 0.223 e. The number of likely N-dealkylation sites (tertiary alicyclic amines) is 2. The number of methoxy groups -OCH3 is 1. The zero-order valence-corrected chi connectivity index (χ0v) is 16.9. The molecule has 1 aromatic rings. The first-order valence-electron chi connectivity index (χ1n) is 10.0. The molecule has 3 rings (SSSR count). The lowest BCUT2D eigenvalue weighted by molar-refractivity contribution is -0.133. The molecule has 0 N–H and O–H groups in total. The van der Waals surface area contributed by atoms with Crippen molar-refractivity contribution >= 4 is 5.91 Å². The van der Waals surface area contributed by atoms with E-state index in [9.17, 15) is 4.79 Å². The molecule has 0 unspecified atom stereocenters. The minimum Gasteiger partial charge on any atom is -0.497 e. The van der Waals surface area contributed by atoms with Gasteiger partial charge in [-0.15, -0.1) is 0 Å². The molecule has 150 valence electrons. The van der Waals surface area contributed by atoms with Crippen molar-refractivity contribution in [3.8, 4) is 11.5 Å². The molecule has 0 bridgehead atoms. The molecule has 2 fully saturated rings. The van der Waals surface area contributed by atoms with Gasteiger partial charge in [-0.1, -0.05) is 0 Å². The highest BCUT2D eigenvalue weighted by atomic mass is 16.5. The van der Waals surface area contributed by atoms with Crippen molar-refractivity contribution < 1.29 is 14.3 Å². The average molecular weight is 376 g/mol. The predicted octanol–water partition coefficient (Wildman–Crippen LogP) is 2.09. The summed E-state index contributed by atoms with van der Waals surface area (Å²) in [5, 5.41) is 0. The zero-order chi connectivity index (χ0) is 19.2. The molecule has 27 heavy (non-hydrogen) atoms. The summed E-state index contributed by atoms with van der Waals surface area (Å²) < 4.78 is 11.2. The highest BCUT2D eigenvalue weighted by Gasteiger charge is 2.26. The van der Waals surface area contributed by atoms with Crippen LogP contribution in [-0.4, -0.2) is 86.7 Å². The number of carbonyl (C=O) groups is 1. The van der Waals surface area contributed by atoms with Crippen molar-refractivity contribution in [2.75, 3.05) is 53.9 Å². The fourth-order valence-electron chi connectivity index (χ4n) is 3.95. The van der Waals surface area contributed by atoms with Crippen LogP contribution >= 0.6 is 0 Å². The van der Waals surface area contributed by atoms with Gasteiger partial charge in [0.15, 0.2) is 0 Å². The minimum atomic E-state index is 0.180. The Labute approximate surface area is 163 Å². The van der Waals surface area contributed by atoms with Gasteiger partial charge < -0.3 is 24.2 Å². The van der Waals surface area contributed by atoms with E-state index >= 15 is 0 Å². The first kappa shape index (κ1) is 20.0. The molecule has 1 amide bonds. The largest absolute Gasteiger partial charge is 0.497 e. The van der Waals surface area contributed by atoms with Crippen molar-refractivity contribution in [3.63, 3.8) is 0 Å². The van der Waals surface area contributed by atoms with Gasteiger partial charge in [-0.05, 0) is 51.3 Å². The summed E-state index contributed by atoms with van der Waals surface area (Å²) in [6.45, 7) is 4.69. The van der Waals surface area contributed by atoms with E-state index in [1.807, 2.05) is 29.2 Å². The van der Waals surface area contributed by atoms with E-state index in [4.69, 9.17) is 9.47 Å². The summed E-state index contributed by atoms with van der Waals surface area (Å²) in [4.78, 5) is 19.3. The molecule has 2 heterocycles. The number of hydrogen-bond donors (Lipinski definition) is 0. The van der Waals surface area contributed by atoms with E-state index < -0.39 is 0 Å². The van der Waals surface area contributed by atoms with Crippen molar-refractivity contribution in [3.05, 3.63) is 24.3 Å². The van der Waals surface area contributed by atoms with Gasteiger partial charge in [0.25, 0.3) is 0 Å². The number of rotatable bonds is 7. The fourth-order valence-corrected chi connectivity index (χ4v) is 3.95. The Morgan fingerprint density at radius 3 is 2.37 bits per heavy atom. The van der Waals surface area contributed by atoms with Crippen LogP contribution in [0, 0.1) is 0 Å². The molecule has 2 aliphatic heterocycles. The van der Waals surface area contributed by atoms with Crippen LogP contribution in [-0.2, 0) is 4.79 Å². The second-order valence-electron chi connectivity index (χ2n) is 7.81. The summed E-state index contributed by atoms with van der Waals surface area (Å²) in [7, 11) is 5.97. The molecule has 0 aromatic heterocycles. The standard InChI is InChI=1S/C21H33N3O3/c1-22-12-8-17(16-22)23(2)13-11-21(25)24-14-9-20(10-15-24)27-19-6-4-18(26-3)5-7-19/h4-7,17,20H,8-16H2,1-3H3/t17-/m0/s1. The van der Waals surface area contributed by atoms with Crippen molar-refractivity contribution in [2.45, 2.75) is 37.8 Å². The highest BCUT2D eigenvalue weighted by Crippen LogP contribution is 2.22. The Morgan fingerprint density at radius 2 is 1.78 bits per heavy atom. The smallest absolute Gasteiger partial charge is 0.223 e. The van der Waals surface area contributed by atoms with Gasteiger partial charge in [-0.25, -0.2) is 0 Å². The van der Waals surface area contributed by atoms with Gasteiger partial charge in [-0.3, -0.25) is 4.79 Å². The molecule has 1 atom stereocenters. The molecule has 0 saturated carbocycles. The number of piperidine rings is 1. The third-order valence-electron chi connectivity index (χ3n) is 5.83. The molecule has 6 heteroatoms. The van der Waals surface area contributed by atoms with E-state index in [1.165, 1.54) is 6.42 Å². The Bertz CT molecular complexity index is 599. The molecular formula is C21H33N3O3. The van der Waals surface area contributed by atoms with E-state index in [-0.39, 0.29) is 12.0 Å². The molecule has 2 aliphatic rings. The second-order valence-corrected chi connectivity index (χ2v) is 7.81. The Morgan fingerprint density at radius 1 is 1.11 bits per heavy atom. The predicted molar refractivity (Wildman–Crippen MR) is 106 cm³/mol. The maximum atomic E-state index is 12.6. The quantitative estimate of drug-likeness (QED) is 0.730. The van der Waals surface area contributed by atoms with Crippen molar-refractivity contribution in [1.82, 2.24) is 14.7 Å². The van der Waals surface area contributed by atoms with Crippen LogP contribution in [0.3, 0.4) is 0 Å². The SMILES string of the molecule is COc1ccc(OC2CCN(C(=O)CCN(C)[C@H]3CCN(C)C3)CC2)cc1. The maximum absolute atomic E-state index is 12.6. The highest BCUT2D eigenvalue weighted by molar-refractivity contribution is 5.76. The van der Waals surface area contributed by atoms with Crippen LogP contribution in [0.15, 0.2) is 24.3 Å². The average Bonchev–Trinajstić information content (AvgIpc) is 3.13. The fraction of sp³-hybridized carbons (Fsp3) is 0.667. The number of carbonyl (C=O) groups excluding carboxylic acids is 1. The number of ether oxygens (including phenoxy) is 2. The Kier molecular flexibility index (Phi) is 6.96.